The summed E-state index contributed by atoms with van der Waals surface area (Å²) in [5, 5.41) is 14.6. The Balaban J connectivity index is 1.82. The lowest BCUT2D eigenvalue weighted by molar-refractivity contribution is -0.388. The van der Waals surface area contributed by atoms with Crippen LogP contribution in [0.1, 0.15) is 11.6 Å². The van der Waals surface area contributed by atoms with Gasteiger partial charge in [0.05, 0.1) is 6.04 Å². The van der Waals surface area contributed by atoms with E-state index in [1.165, 1.54) is 6.33 Å². The van der Waals surface area contributed by atoms with E-state index in [4.69, 9.17) is 0 Å². The van der Waals surface area contributed by atoms with Gasteiger partial charge in [-0.2, -0.15) is 0 Å². The van der Waals surface area contributed by atoms with Crippen LogP contribution in [0.2, 0.25) is 0 Å². The number of piperazine rings is 1. The van der Waals surface area contributed by atoms with Gasteiger partial charge in [-0.15, -0.1) is 0 Å². The average Bonchev–Trinajstić information content (AvgIpc) is 2.98. The van der Waals surface area contributed by atoms with Gasteiger partial charge in [0.25, 0.3) is 0 Å². The van der Waals surface area contributed by atoms with E-state index < -0.39 is 4.92 Å². The van der Waals surface area contributed by atoms with Gasteiger partial charge in [0.1, 0.15) is 0 Å². The fourth-order valence-electron chi connectivity index (χ4n) is 3.09. The first kappa shape index (κ1) is 17.4. The van der Waals surface area contributed by atoms with Gasteiger partial charge in [0, 0.05) is 39.8 Å². The molecular formula is C17H24N6O2. The number of imidazole rings is 1. The molecule has 0 amide bonds. The molecule has 1 N–H and O–H groups in total. The Kier molecular flexibility index (Phi) is 5.30. The Bertz CT molecular complexity index is 709. The fourth-order valence-corrected chi connectivity index (χ4v) is 3.09. The highest BCUT2D eigenvalue weighted by molar-refractivity contribution is 5.53. The Hall–Kier alpha value is -2.45. The van der Waals surface area contributed by atoms with Crippen molar-refractivity contribution in [3.8, 4) is 0 Å². The van der Waals surface area contributed by atoms with Crippen LogP contribution in [0.15, 0.2) is 36.7 Å². The number of nitrogens with zero attached hydrogens (tertiary/aromatic N) is 5. The molecule has 1 aromatic carbocycles. The molecule has 1 aliphatic heterocycles. The Morgan fingerprint density at radius 3 is 2.52 bits per heavy atom. The number of likely N-dealkylation sites (N-methyl/N-ethyl adjacent to an activating group) is 1. The monoisotopic (exact) mass is 344 g/mol. The predicted molar refractivity (Wildman–Crippen MR) is 96.6 cm³/mol. The number of nitrogens with one attached hydrogen (secondary N) is 1. The third kappa shape index (κ3) is 4.15. The molecule has 2 aromatic rings. The summed E-state index contributed by atoms with van der Waals surface area (Å²) in [5.41, 5.74) is 1.11. The van der Waals surface area contributed by atoms with Gasteiger partial charge in [-0.3, -0.25) is 9.47 Å². The molecule has 1 fully saturated rings. The molecule has 8 heteroatoms. The molecule has 2 heterocycles. The highest BCUT2D eigenvalue weighted by atomic mass is 16.6. The molecule has 0 aliphatic carbocycles. The molecule has 1 atom stereocenters. The molecule has 134 valence electrons. The Labute approximate surface area is 147 Å². The SMILES string of the molecule is CN1CCN(C[C@@H](Nc2c([N+](=O)[O-])ncn2C)c2ccccc2)CC1. The van der Waals surface area contributed by atoms with Gasteiger partial charge in [-0.1, -0.05) is 30.3 Å². The maximum atomic E-state index is 11.3. The molecule has 1 saturated heterocycles. The largest absolute Gasteiger partial charge is 0.406 e. The number of rotatable bonds is 6. The second-order valence-corrected chi connectivity index (χ2v) is 6.50. The second kappa shape index (κ2) is 7.62. The molecule has 1 aromatic heterocycles. The minimum Gasteiger partial charge on any atom is -0.358 e. The predicted octanol–water partition coefficient (Wildman–Crippen LogP) is 1.73. The second-order valence-electron chi connectivity index (χ2n) is 6.50. The zero-order valence-corrected chi connectivity index (χ0v) is 14.6. The van der Waals surface area contributed by atoms with Crippen molar-refractivity contribution in [2.75, 3.05) is 45.1 Å². The van der Waals surface area contributed by atoms with E-state index in [1.807, 2.05) is 18.2 Å². The minimum atomic E-state index is -0.444. The van der Waals surface area contributed by atoms with E-state index in [2.05, 4.69) is 39.3 Å². The molecule has 3 rings (SSSR count). The quantitative estimate of drug-likeness (QED) is 0.635. The van der Waals surface area contributed by atoms with Crippen molar-refractivity contribution in [1.29, 1.82) is 0 Å². The van der Waals surface area contributed by atoms with Crippen molar-refractivity contribution in [1.82, 2.24) is 19.4 Å². The molecule has 0 unspecified atom stereocenters. The number of hydrogen-bond donors (Lipinski definition) is 1. The van der Waals surface area contributed by atoms with Crippen LogP contribution in [0.25, 0.3) is 0 Å². The van der Waals surface area contributed by atoms with Gasteiger partial charge in [0.2, 0.25) is 12.1 Å². The maximum Gasteiger partial charge on any atom is 0.406 e. The van der Waals surface area contributed by atoms with Crippen LogP contribution in [-0.2, 0) is 7.05 Å². The number of anilines is 1. The summed E-state index contributed by atoms with van der Waals surface area (Å²) in [6.45, 7) is 4.85. The van der Waals surface area contributed by atoms with Crippen molar-refractivity contribution in [3.63, 3.8) is 0 Å². The molecular weight excluding hydrogens is 320 g/mol. The van der Waals surface area contributed by atoms with Crippen molar-refractivity contribution < 1.29 is 4.92 Å². The van der Waals surface area contributed by atoms with Gasteiger partial charge >= 0.3 is 5.82 Å². The molecule has 1 aliphatic rings. The third-order valence-corrected chi connectivity index (χ3v) is 4.64. The van der Waals surface area contributed by atoms with Gasteiger partial charge < -0.3 is 20.3 Å². The van der Waals surface area contributed by atoms with Gasteiger partial charge in [-0.25, -0.2) is 0 Å². The first-order valence-electron chi connectivity index (χ1n) is 8.42. The van der Waals surface area contributed by atoms with E-state index in [0.717, 1.165) is 38.3 Å². The first-order chi connectivity index (χ1) is 12.0. The van der Waals surface area contributed by atoms with Gasteiger partial charge in [0.15, 0.2) is 0 Å². The van der Waals surface area contributed by atoms with E-state index in [-0.39, 0.29) is 11.9 Å². The van der Waals surface area contributed by atoms with E-state index in [0.29, 0.717) is 5.82 Å². The van der Waals surface area contributed by atoms with Crippen LogP contribution >= 0.6 is 0 Å². The van der Waals surface area contributed by atoms with E-state index >= 15 is 0 Å². The smallest absolute Gasteiger partial charge is 0.358 e. The van der Waals surface area contributed by atoms with Crippen molar-refractivity contribution in [2.45, 2.75) is 6.04 Å². The van der Waals surface area contributed by atoms with Crippen LogP contribution < -0.4 is 5.32 Å². The third-order valence-electron chi connectivity index (χ3n) is 4.64. The van der Waals surface area contributed by atoms with Crippen LogP contribution in [0.3, 0.4) is 0 Å². The fraction of sp³-hybridized carbons (Fsp3) is 0.471. The highest BCUT2D eigenvalue weighted by Gasteiger charge is 2.25. The lowest BCUT2D eigenvalue weighted by atomic mass is 10.1. The van der Waals surface area contributed by atoms with Crippen LogP contribution in [0.5, 0.6) is 0 Å². The summed E-state index contributed by atoms with van der Waals surface area (Å²) >= 11 is 0. The lowest BCUT2D eigenvalue weighted by Crippen LogP contribution is -2.46. The summed E-state index contributed by atoms with van der Waals surface area (Å²) < 4.78 is 1.66. The number of benzene rings is 1. The Morgan fingerprint density at radius 1 is 1.20 bits per heavy atom. The first-order valence-corrected chi connectivity index (χ1v) is 8.42. The molecule has 0 radical (unpaired) electrons. The summed E-state index contributed by atoms with van der Waals surface area (Å²) in [7, 11) is 3.89. The van der Waals surface area contributed by atoms with Crippen molar-refractivity contribution >= 4 is 11.6 Å². The lowest BCUT2D eigenvalue weighted by Gasteiger charge is -2.35. The minimum absolute atomic E-state index is 0.0429. The van der Waals surface area contributed by atoms with E-state index in [9.17, 15) is 10.1 Å². The number of hydrogen-bond acceptors (Lipinski definition) is 6. The normalized spacial score (nSPS) is 17.4. The summed E-state index contributed by atoms with van der Waals surface area (Å²) in [4.78, 5) is 19.4. The molecule has 0 saturated carbocycles. The molecule has 8 nitrogen and oxygen atoms in total. The zero-order chi connectivity index (χ0) is 17.8. The standard InChI is InChI=1S/C17H24N6O2/c1-20-8-10-22(11-9-20)12-15(14-6-4-3-5-7-14)19-17-16(23(24)25)18-13-21(17)2/h3-7,13,15,19H,8-12H2,1-2H3/t15-/m1/s1. The average molecular weight is 344 g/mol. The van der Waals surface area contributed by atoms with E-state index in [1.54, 1.807) is 11.6 Å². The summed E-state index contributed by atoms with van der Waals surface area (Å²) in [6.07, 6.45) is 1.47. The van der Waals surface area contributed by atoms with Crippen LogP contribution in [0.4, 0.5) is 11.6 Å². The molecule has 25 heavy (non-hydrogen) atoms. The maximum absolute atomic E-state index is 11.3. The zero-order valence-electron chi connectivity index (χ0n) is 14.6. The van der Waals surface area contributed by atoms with Gasteiger partial charge in [-0.05, 0) is 22.5 Å². The van der Waals surface area contributed by atoms with Crippen molar-refractivity contribution in [3.05, 3.63) is 52.3 Å². The van der Waals surface area contributed by atoms with Crippen LogP contribution in [-0.4, -0.2) is 64.0 Å². The highest BCUT2D eigenvalue weighted by Crippen LogP contribution is 2.27. The summed E-state index contributed by atoms with van der Waals surface area (Å²) in [6, 6.07) is 10.0. The number of aromatic nitrogens is 2. The van der Waals surface area contributed by atoms with Crippen LogP contribution in [0, 0.1) is 10.1 Å². The Morgan fingerprint density at radius 2 is 1.88 bits per heavy atom. The molecule has 0 bridgehead atoms. The topological polar surface area (TPSA) is 79.5 Å². The molecule has 0 spiro atoms. The van der Waals surface area contributed by atoms with Crippen molar-refractivity contribution in [2.24, 2.45) is 7.05 Å². The number of aryl methyl sites for hydroxylation is 1. The summed E-state index contributed by atoms with van der Waals surface area (Å²) in [5.74, 6) is 0.301. The number of nitro groups is 1.